The SMILES string of the molecule is CCCCCCCCOc1ccc(-c2nc3c(-c4ccc5c(c4)C4CCCC4N5c4ccc(C)cc4)ccc(-c4cc5c6nc(CCCCCCCC)c(CCCCCCCC)nc6c6cc(-c7ccc(/C=C(\C#N)C(=O)O)s7)sc6c5s4)c3nc2-c2ccc(OCCCCCCCC)cc2)cc1. The third-order valence-corrected chi connectivity index (χ3v) is 25.0. The molecule has 13 rings (SSSR count). The number of nitrogens with zero attached hydrogens (tertiary/aromatic N) is 6. The topological polar surface area (TPSA) is 134 Å². The molecule has 0 bridgehead atoms. The van der Waals surface area contributed by atoms with Crippen LogP contribution in [0.25, 0.3) is 102 Å². The molecule has 0 radical (unpaired) electrons. The number of aromatic nitrogens is 4. The molecule has 1 saturated carbocycles. The molecule has 11 aromatic rings. The fraction of sp³-hybridized carbons (Fsp3) is 0.422. The number of aryl methyl sites for hydroxylation is 3. The van der Waals surface area contributed by atoms with Gasteiger partial charge in [-0.25, -0.2) is 24.7 Å². The van der Waals surface area contributed by atoms with Crippen molar-refractivity contribution in [3.05, 3.63) is 160 Å². The molecule has 0 saturated heterocycles. The second kappa shape index (κ2) is 35.5. The van der Waals surface area contributed by atoms with Gasteiger partial charge in [-0.1, -0.05) is 198 Å². The highest BCUT2D eigenvalue weighted by atomic mass is 32.1. The number of thiophene rings is 3. The molecule has 1 fully saturated rings. The molecule has 10 nitrogen and oxygen atoms in total. The molecular weight excluding hydrogens is 1330 g/mol. The van der Waals surface area contributed by atoms with E-state index in [9.17, 15) is 15.2 Å². The zero-order valence-corrected chi connectivity index (χ0v) is 63.8. The van der Waals surface area contributed by atoms with Gasteiger partial charge in [0.1, 0.15) is 23.1 Å². The molecule has 2 atom stereocenters. The lowest BCUT2D eigenvalue weighted by atomic mass is 9.92. The van der Waals surface area contributed by atoms with Gasteiger partial charge in [0.15, 0.2) is 0 Å². The van der Waals surface area contributed by atoms with Gasteiger partial charge in [0.25, 0.3) is 0 Å². The van der Waals surface area contributed by atoms with Crippen LogP contribution in [0, 0.1) is 18.3 Å². The van der Waals surface area contributed by atoms with Crippen LogP contribution in [-0.2, 0) is 17.6 Å². The lowest BCUT2D eigenvalue weighted by molar-refractivity contribution is -0.132. The van der Waals surface area contributed by atoms with Gasteiger partial charge in [0.2, 0.25) is 0 Å². The van der Waals surface area contributed by atoms with E-state index in [1.165, 1.54) is 175 Å². The van der Waals surface area contributed by atoms with Gasteiger partial charge in [-0.05, 0) is 173 Å². The van der Waals surface area contributed by atoms with Crippen LogP contribution in [0.4, 0.5) is 11.4 Å². The summed E-state index contributed by atoms with van der Waals surface area (Å²) >= 11 is 5.04. The van der Waals surface area contributed by atoms with E-state index < -0.39 is 5.97 Å². The number of carboxylic acids is 1. The Balaban J connectivity index is 0.994. The summed E-state index contributed by atoms with van der Waals surface area (Å²) in [5.41, 5.74) is 17.4. The van der Waals surface area contributed by atoms with E-state index in [2.05, 4.69) is 155 Å². The molecule has 1 N–H and O–H groups in total. The lowest BCUT2D eigenvalue weighted by Gasteiger charge is -2.27. The third kappa shape index (κ3) is 17.1. The number of carbonyl (C=O) groups is 1. The molecule has 1 aliphatic carbocycles. The van der Waals surface area contributed by atoms with E-state index in [4.69, 9.17) is 29.4 Å². The number of carboxylic acid groups (broad SMARTS) is 1. The van der Waals surface area contributed by atoms with Crippen LogP contribution in [-0.4, -0.2) is 50.3 Å². The average molecular weight is 1430 g/mol. The summed E-state index contributed by atoms with van der Waals surface area (Å²) in [7, 11) is 0. The van der Waals surface area contributed by atoms with Crippen molar-refractivity contribution < 1.29 is 19.4 Å². The van der Waals surface area contributed by atoms with Crippen LogP contribution >= 0.6 is 34.0 Å². The highest BCUT2D eigenvalue weighted by molar-refractivity contribution is 7.31. The molecule has 0 amide bonds. The van der Waals surface area contributed by atoms with Crippen molar-refractivity contribution in [3.8, 4) is 71.4 Å². The number of unbranched alkanes of at least 4 members (excludes halogenated alkanes) is 20. The first kappa shape index (κ1) is 73.0. The van der Waals surface area contributed by atoms with E-state index in [0.717, 1.165) is 170 Å². The number of anilines is 2. The van der Waals surface area contributed by atoms with Crippen molar-refractivity contribution in [2.24, 2.45) is 0 Å². The molecule has 103 heavy (non-hydrogen) atoms. The Morgan fingerprint density at radius 3 is 1.55 bits per heavy atom. The summed E-state index contributed by atoms with van der Waals surface area (Å²) in [5, 5.41) is 21.7. The minimum Gasteiger partial charge on any atom is -0.494 e. The standard InChI is InChI=1S/C90H102N6O4S3/c1-6-10-14-18-22-26-32-75-76(33-27-23-19-15-11-7-2)93-87-74-58-81(79-52-48-68(101-79)55-64(59-91)90(97)98)103-89(74)88-73(86(87)92-75)57-80(102-88)71-50-49-69(63-41-51-78-72(56-63)70-31-30-34-77(70)96(78)65-42-35-60(5)36-43-65)84-85(71)95-83(62-39-46-67(47-40-62)100-54-29-25-21-17-13-9-4)82(94-84)61-37-44-66(45-38-61)99-53-28-24-20-16-12-8-3/h35-52,55-58,70,77H,6-34,53-54H2,1-5H3,(H,97,98)/b64-55+. The molecule has 5 aromatic heterocycles. The van der Waals surface area contributed by atoms with Gasteiger partial charge in [0.05, 0.1) is 67.5 Å². The number of hydrogen-bond acceptors (Lipinski definition) is 12. The quantitative estimate of drug-likeness (QED) is 0.0226. The van der Waals surface area contributed by atoms with Crippen LogP contribution in [0.5, 0.6) is 11.5 Å². The smallest absolute Gasteiger partial charge is 0.346 e. The van der Waals surface area contributed by atoms with E-state index >= 15 is 0 Å². The maximum atomic E-state index is 12.0. The predicted molar refractivity (Wildman–Crippen MR) is 435 cm³/mol. The number of nitriles is 1. The summed E-state index contributed by atoms with van der Waals surface area (Å²) in [5.74, 6) is 0.887. The van der Waals surface area contributed by atoms with Crippen molar-refractivity contribution >= 4 is 99.7 Å². The molecule has 6 aromatic carbocycles. The van der Waals surface area contributed by atoms with Crippen LogP contribution in [0.3, 0.4) is 0 Å². The molecule has 0 spiro atoms. The van der Waals surface area contributed by atoms with Crippen molar-refractivity contribution in [2.45, 2.75) is 233 Å². The van der Waals surface area contributed by atoms with Crippen LogP contribution in [0.2, 0.25) is 0 Å². The maximum absolute atomic E-state index is 12.0. The van der Waals surface area contributed by atoms with E-state index in [0.29, 0.717) is 30.1 Å². The van der Waals surface area contributed by atoms with Crippen molar-refractivity contribution in [1.29, 1.82) is 5.26 Å². The lowest BCUT2D eigenvalue weighted by Crippen LogP contribution is -2.26. The number of rotatable bonds is 38. The molecule has 6 heterocycles. The Morgan fingerprint density at radius 2 is 1.01 bits per heavy atom. The van der Waals surface area contributed by atoms with E-state index in [-0.39, 0.29) is 5.57 Å². The molecule has 1 aliphatic heterocycles. The number of ether oxygens (including phenoxy) is 2. The van der Waals surface area contributed by atoms with Crippen LogP contribution in [0.15, 0.2) is 133 Å². The van der Waals surface area contributed by atoms with Crippen LogP contribution < -0.4 is 14.4 Å². The Bertz CT molecular complexity index is 4770. The first-order chi connectivity index (χ1) is 50.6. The fourth-order valence-corrected chi connectivity index (χ4v) is 19.1. The molecule has 2 aliphatic rings. The predicted octanol–water partition coefficient (Wildman–Crippen LogP) is 26.8. The minimum atomic E-state index is -1.23. The number of hydrogen-bond donors (Lipinski definition) is 1. The number of fused-ring (bicyclic) bond motifs is 10. The second-order valence-corrected chi connectivity index (χ2v) is 32.1. The zero-order valence-electron chi connectivity index (χ0n) is 61.4. The van der Waals surface area contributed by atoms with Crippen LogP contribution in [0.1, 0.15) is 234 Å². The van der Waals surface area contributed by atoms with Crippen molar-refractivity contribution in [2.75, 3.05) is 18.1 Å². The van der Waals surface area contributed by atoms with Gasteiger partial charge >= 0.3 is 5.97 Å². The number of benzene rings is 6. The minimum absolute atomic E-state index is 0.290. The summed E-state index contributed by atoms with van der Waals surface area (Å²) < 4.78 is 15.2. The van der Waals surface area contributed by atoms with Gasteiger partial charge in [-0.3, -0.25) is 0 Å². The third-order valence-electron chi connectivity index (χ3n) is 21.3. The normalized spacial score (nSPS) is 14.4. The second-order valence-electron chi connectivity index (χ2n) is 28.9. The molecule has 534 valence electrons. The van der Waals surface area contributed by atoms with Gasteiger partial charge in [-0.15, -0.1) is 34.0 Å². The van der Waals surface area contributed by atoms with Gasteiger partial charge < -0.3 is 19.5 Å². The maximum Gasteiger partial charge on any atom is 0.346 e. The fourth-order valence-electron chi connectivity index (χ4n) is 15.6. The van der Waals surface area contributed by atoms with E-state index in [1.807, 2.05) is 18.2 Å². The average Bonchev–Trinajstić information content (AvgIpc) is 1.53. The largest absolute Gasteiger partial charge is 0.494 e. The first-order valence-corrected chi connectivity index (χ1v) is 41.5. The first-order valence-electron chi connectivity index (χ1n) is 39.1. The zero-order chi connectivity index (χ0) is 71.0. The monoisotopic (exact) mass is 1430 g/mol. The Kier molecular flexibility index (Phi) is 25.2. The Hall–Kier alpha value is -8.28. The summed E-state index contributed by atoms with van der Waals surface area (Å²) in [4.78, 5) is 42.2. The highest BCUT2D eigenvalue weighted by Gasteiger charge is 2.42. The van der Waals surface area contributed by atoms with E-state index in [1.54, 1.807) is 22.7 Å². The molecular formula is C90H102N6O4S3. The number of aliphatic carboxylic acids is 1. The van der Waals surface area contributed by atoms with Gasteiger partial charge in [-0.2, -0.15) is 5.26 Å². The molecule has 13 heteroatoms. The Morgan fingerprint density at radius 1 is 0.515 bits per heavy atom. The summed E-state index contributed by atoms with van der Waals surface area (Å²) in [6, 6.07) is 48.9. The van der Waals surface area contributed by atoms with Crippen molar-refractivity contribution in [3.63, 3.8) is 0 Å². The summed E-state index contributed by atoms with van der Waals surface area (Å²) in [6.07, 6.45) is 35.7. The highest BCUT2D eigenvalue weighted by Crippen LogP contribution is 2.55. The van der Waals surface area contributed by atoms with Gasteiger partial charge in [0, 0.05) is 75.9 Å². The van der Waals surface area contributed by atoms with Crippen molar-refractivity contribution in [1.82, 2.24) is 19.9 Å². The Labute approximate surface area is 622 Å². The summed E-state index contributed by atoms with van der Waals surface area (Å²) in [6.45, 7) is 12.6. The molecule has 2 unspecified atom stereocenters.